The van der Waals surface area contributed by atoms with Crippen LogP contribution in [0.25, 0.3) is 0 Å². The molecule has 2 aliphatic heterocycles. The number of alkyl halides is 3. The molecule has 3 atom stereocenters. The van der Waals surface area contributed by atoms with Crippen LogP contribution in [-0.2, 0) is 15.7 Å². The van der Waals surface area contributed by atoms with Gasteiger partial charge in [-0.3, -0.25) is 0 Å². The zero-order valence-corrected chi connectivity index (χ0v) is 14.4. The van der Waals surface area contributed by atoms with E-state index in [0.29, 0.717) is 13.2 Å². The van der Waals surface area contributed by atoms with Gasteiger partial charge in [-0.1, -0.05) is 30.3 Å². The summed E-state index contributed by atoms with van der Waals surface area (Å²) in [5.41, 5.74) is 0.354. The number of hydrogen-bond acceptors (Lipinski definition) is 3. The van der Waals surface area contributed by atoms with Crippen molar-refractivity contribution in [2.45, 2.75) is 30.3 Å². The number of rotatable bonds is 2. The number of benzene rings is 2. The Balaban J connectivity index is 1.65. The largest absolute Gasteiger partial charge is 0.416 e. The molecule has 1 spiro atoms. The quantitative estimate of drug-likeness (QED) is 0.782. The lowest BCUT2D eigenvalue weighted by atomic mass is 9.86. The van der Waals surface area contributed by atoms with Crippen LogP contribution in [0, 0.1) is 5.82 Å². The van der Waals surface area contributed by atoms with E-state index in [2.05, 4.69) is 5.32 Å². The van der Waals surface area contributed by atoms with E-state index < -0.39 is 23.4 Å². The lowest BCUT2D eigenvalue weighted by molar-refractivity contribution is -0.245. The summed E-state index contributed by atoms with van der Waals surface area (Å²) in [6.07, 6.45) is -4.14. The maximum atomic E-state index is 13.4. The fourth-order valence-electron chi connectivity index (χ4n) is 4.01. The molecule has 27 heavy (non-hydrogen) atoms. The maximum absolute atomic E-state index is 13.4. The van der Waals surface area contributed by atoms with Crippen molar-refractivity contribution in [3.63, 3.8) is 0 Å². The SMILES string of the molecule is Fc1ccc([C@@H]2NCCO[C@@]23C[C@@H](c2ccccc2C(F)(F)F)CO3)cc1. The van der Waals surface area contributed by atoms with E-state index in [4.69, 9.17) is 9.47 Å². The first kappa shape index (κ1) is 18.4. The van der Waals surface area contributed by atoms with Crippen molar-refractivity contribution in [3.8, 4) is 0 Å². The van der Waals surface area contributed by atoms with Gasteiger partial charge in [0.1, 0.15) is 5.82 Å². The number of halogens is 4. The Labute approximate surface area is 154 Å². The van der Waals surface area contributed by atoms with E-state index in [-0.39, 0.29) is 30.5 Å². The lowest BCUT2D eigenvalue weighted by Crippen LogP contribution is -2.52. The molecule has 0 bridgehead atoms. The number of hydrogen-bond donors (Lipinski definition) is 1. The molecule has 0 amide bonds. The van der Waals surface area contributed by atoms with Crippen LogP contribution in [-0.4, -0.2) is 25.5 Å². The molecule has 3 nitrogen and oxygen atoms in total. The summed E-state index contributed by atoms with van der Waals surface area (Å²) in [4.78, 5) is 0. The van der Waals surface area contributed by atoms with Crippen LogP contribution in [0.15, 0.2) is 48.5 Å². The smallest absolute Gasteiger partial charge is 0.347 e. The maximum Gasteiger partial charge on any atom is 0.416 e. The molecule has 0 saturated carbocycles. The molecule has 2 aromatic carbocycles. The molecule has 2 aromatic rings. The summed E-state index contributed by atoms with van der Waals surface area (Å²) in [5.74, 6) is -1.86. The van der Waals surface area contributed by atoms with Gasteiger partial charge in [0.25, 0.3) is 0 Å². The minimum atomic E-state index is -4.42. The Morgan fingerprint density at radius 1 is 1.00 bits per heavy atom. The van der Waals surface area contributed by atoms with E-state index in [1.54, 1.807) is 18.2 Å². The minimum Gasteiger partial charge on any atom is -0.347 e. The van der Waals surface area contributed by atoms with E-state index in [0.717, 1.165) is 11.6 Å². The van der Waals surface area contributed by atoms with Crippen LogP contribution >= 0.6 is 0 Å². The summed E-state index contributed by atoms with van der Waals surface area (Å²) in [6, 6.07) is 11.2. The number of morpholine rings is 1. The fourth-order valence-corrected chi connectivity index (χ4v) is 4.01. The first-order valence-electron chi connectivity index (χ1n) is 8.82. The molecule has 2 heterocycles. The molecule has 0 aliphatic carbocycles. The number of ether oxygens (including phenoxy) is 2. The van der Waals surface area contributed by atoms with Crippen LogP contribution in [0.5, 0.6) is 0 Å². The molecule has 2 saturated heterocycles. The summed E-state index contributed by atoms with van der Waals surface area (Å²) < 4.78 is 65.4. The monoisotopic (exact) mass is 381 g/mol. The summed E-state index contributed by atoms with van der Waals surface area (Å²) >= 11 is 0. The molecule has 2 fully saturated rings. The van der Waals surface area contributed by atoms with Gasteiger partial charge in [-0.2, -0.15) is 13.2 Å². The summed E-state index contributed by atoms with van der Waals surface area (Å²) in [7, 11) is 0. The second kappa shape index (κ2) is 6.89. The highest BCUT2D eigenvalue weighted by molar-refractivity contribution is 5.34. The van der Waals surface area contributed by atoms with Gasteiger partial charge in [0.2, 0.25) is 0 Å². The van der Waals surface area contributed by atoms with E-state index in [9.17, 15) is 17.6 Å². The van der Waals surface area contributed by atoms with Gasteiger partial charge in [-0.15, -0.1) is 0 Å². The summed E-state index contributed by atoms with van der Waals surface area (Å²) in [5, 5.41) is 3.31. The van der Waals surface area contributed by atoms with Crippen molar-refractivity contribution >= 4 is 0 Å². The first-order valence-corrected chi connectivity index (χ1v) is 8.82. The third-order valence-electron chi connectivity index (χ3n) is 5.21. The predicted molar refractivity (Wildman–Crippen MR) is 90.6 cm³/mol. The third-order valence-corrected chi connectivity index (χ3v) is 5.21. The zero-order valence-electron chi connectivity index (χ0n) is 14.4. The van der Waals surface area contributed by atoms with Gasteiger partial charge in [0.15, 0.2) is 5.79 Å². The summed E-state index contributed by atoms with van der Waals surface area (Å²) in [6.45, 7) is 1.11. The van der Waals surface area contributed by atoms with Crippen LogP contribution in [0.4, 0.5) is 17.6 Å². The van der Waals surface area contributed by atoms with Crippen molar-refractivity contribution in [2.24, 2.45) is 0 Å². The van der Waals surface area contributed by atoms with Crippen LogP contribution in [0.1, 0.15) is 35.1 Å². The lowest BCUT2D eigenvalue weighted by Gasteiger charge is -2.41. The predicted octanol–water partition coefficient (Wildman–Crippen LogP) is 4.41. The van der Waals surface area contributed by atoms with Gasteiger partial charge in [-0.25, -0.2) is 4.39 Å². The topological polar surface area (TPSA) is 30.5 Å². The molecule has 0 unspecified atom stereocenters. The fraction of sp³-hybridized carbons (Fsp3) is 0.400. The van der Waals surface area contributed by atoms with E-state index >= 15 is 0 Å². The molecule has 2 aliphatic rings. The van der Waals surface area contributed by atoms with Crippen molar-refractivity contribution < 1.29 is 27.0 Å². The second-order valence-corrected chi connectivity index (χ2v) is 6.90. The van der Waals surface area contributed by atoms with Crippen molar-refractivity contribution in [3.05, 3.63) is 71.0 Å². The first-order chi connectivity index (χ1) is 12.9. The number of nitrogens with one attached hydrogen (secondary N) is 1. The third kappa shape index (κ3) is 3.47. The van der Waals surface area contributed by atoms with Crippen molar-refractivity contribution in [1.29, 1.82) is 0 Å². The highest BCUT2D eigenvalue weighted by Gasteiger charge is 2.51. The minimum absolute atomic E-state index is 0.131. The van der Waals surface area contributed by atoms with Gasteiger partial charge < -0.3 is 14.8 Å². The molecular weight excluding hydrogens is 362 g/mol. The standard InChI is InChI=1S/C20H19F4NO2/c21-15-7-5-13(6-8-15)18-19(26-10-9-25-18)11-14(12-27-19)16-3-1-2-4-17(16)20(22,23)24/h1-8,14,18,25H,9-12H2/t14-,18+,19-/m1/s1. The second-order valence-electron chi connectivity index (χ2n) is 6.90. The van der Waals surface area contributed by atoms with Crippen LogP contribution < -0.4 is 5.32 Å². The molecule has 7 heteroatoms. The van der Waals surface area contributed by atoms with Gasteiger partial charge in [0, 0.05) is 18.9 Å². The average Bonchev–Trinajstić information content (AvgIpc) is 3.07. The van der Waals surface area contributed by atoms with Gasteiger partial charge in [0.05, 0.1) is 24.8 Å². The molecular formula is C20H19F4NO2. The van der Waals surface area contributed by atoms with Crippen molar-refractivity contribution in [1.82, 2.24) is 5.32 Å². The Bertz CT molecular complexity index is 808. The molecule has 1 N–H and O–H groups in total. The Morgan fingerprint density at radius 2 is 1.74 bits per heavy atom. The Kier molecular flexibility index (Phi) is 4.70. The molecule has 0 radical (unpaired) electrons. The Hall–Kier alpha value is -1.96. The van der Waals surface area contributed by atoms with E-state index in [1.165, 1.54) is 24.3 Å². The molecule has 144 valence electrons. The van der Waals surface area contributed by atoms with Crippen LogP contribution in [0.3, 0.4) is 0 Å². The zero-order chi connectivity index (χ0) is 19.1. The van der Waals surface area contributed by atoms with Gasteiger partial charge >= 0.3 is 6.18 Å². The highest BCUT2D eigenvalue weighted by Crippen LogP contribution is 2.48. The normalized spacial score (nSPS) is 28.6. The highest BCUT2D eigenvalue weighted by atomic mass is 19.4. The van der Waals surface area contributed by atoms with E-state index in [1.807, 2.05) is 0 Å². The van der Waals surface area contributed by atoms with Gasteiger partial charge in [-0.05, 0) is 29.3 Å². The Morgan fingerprint density at radius 3 is 2.48 bits per heavy atom. The average molecular weight is 381 g/mol. The molecule has 4 rings (SSSR count). The van der Waals surface area contributed by atoms with Crippen molar-refractivity contribution in [2.75, 3.05) is 19.8 Å². The van der Waals surface area contributed by atoms with Crippen LogP contribution in [0.2, 0.25) is 0 Å². The molecule has 0 aromatic heterocycles.